The van der Waals surface area contributed by atoms with Crippen LogP contribution in [0.2, 0.25) is 0 Å². The third-order valence-electron chi connectivity index (χ3n) is 4.08. The first-order valence-corrected chi connectivity index (χ1v) is 8.32. The first kappa shape index (κ1) is 15.1. The van der Waals surface area contributed by atoms with Crippen molar-refractivity contribution in [2.45, 2.75) is 30.3 Å². The average molecular weight is 323 g/mol. The summed E-state index contributed by atoms with van der Waals surface area (Å²) in [5.41, 5.74) is 0.818. The number of hydrogen-bond acceptors (Lipinski definition) is 3. The molecule has 5 nitrogen and oxygen atoms in total. The van der Waals surface area contributed by atoms with Gasteiger partial charge in [-0.25, -0.2) is 9.18 Å². The highest BCUT2D eigenvalue weighted by Gasteiger charge is 2.32. The molecule has 0 unspecified atom stereocenters. The maximum absolute atomic E-state index is 13.9. The molecule has 1 aromatic rings. The molecular weight excluding hydrogens is 305 g/mol. The summed E-state index contributed by atoms with van der Waals surface area (Å²) in [6, 6.07) is 3.98. The molecule has 22 heavy (non-hydrogen) atoms. The number of fused-ring (bicyclic) bond motifs is 1. The number of thioether (sulfide) groups is 1. The molecule has 1 saturated heterocycles. The van der Waals surface area contributed by atoms with Gasteiger partial charge in [0.05, 0.1) is 6.04 Å². The van der Waals surface area contributed by atoms with Gasteiger partial charge in [0, 0.05) is 23.7 Å². The maximum Gasteiger partial charge on any atom is 0.318 e. The second kappa shape index (κ2) is 6.16. The highest BCUT2D eigenvalue weighted by Crippen LogP contribution is 2.37. The topological polar surface area (TPSA) is 61.4 Å². The van der Waals surface area contributed by atoms with E-state index in [1.165, 1.54) is 22.7 Å². The van der Waals surface area contributed by atoms with Gasteiger partial charge >= 0.3 is 6.03 Å². The van der Waals surface area contributed by atoms with Crippen LogP contribution in [0.1, 0.15) is 24.9 Å². The summed E-state index contributed by atoms with van der Waals surface area (Å²) in [5, 5.41) is 5.68. The molecule has 0 saturated carbocycles. The molecule has 1 aromatic carbocycles. The minimum atomic E-state index is -0.487. The van der Waals surface area contributed by atoms with Gasteiger partial charge in [-0.3, -0.25) is 4.79 Å². The maximum atomic E-state index is 13.9. The summed E-state index contributed by atoms with van der Waals surface area (Å²) in [6.45, 7) is 2.65. The molecule has 118 valence electrons. The zero-order valence-electron chi connectivity index (χ0n) is 12.3. The second-order valence-corrected chi connectivity index (χ2v) is 6.56. The minimum absolute atomic E-state index is 0.146. The average Bonchev–Trinajstić information content (AvgIpc) is 2.51. The molecule has 3 amide bonds. The predicted molar refractivity (Wildman–Crippen MR) is 82.2 cm³/mol. The van der Waals surface area contributed by atoms with Crippen molar-refractivity contribution >= 4 is 23.7 Å². The van der Waals surface area contributed by atoms with Gasteiger partial charge < -0.3 is 15.5 Å². The normalized spacial score (nSPS) is 24.5. The van der Waals surface area contributed by atoms with Gasteiger partial charge in [0.2, 0.25) is 5.91 Å². The summed E-state index contributed by atoms with van der Waals surface area (Å²) in [4.78, 5) is 26.3. The van der Waals surface area contributed by atoms with E-state index < -0.39 is 6.04 Å². The van der Waals surface area contributed by atoms with Gasteiger partial charge in [0.1, 0.15) is 11.9 Å². The van der Waals surface area contributed by atoms with Crippen LogP contribution in [0.3, 0.4) is 0 Å². The number of nitrogens with one attached hydrogen (secondary N) is 2. The molecular formula is C15H18FN3O2S. The van der Waals surface area contributed by atoms with Crippen molar-refractivity contribution in [3.8, 4) is 0 Å². The molecule has 0 aliphatic carbocycles. The van der Waals surface area contributed by atoms with Crippen LogP contribution in [0.15, 0.2) is 23.1 Å². The summed E-state index contributed by atoms with van der Waals surface area (Å²) in [7, 11) is 0. The Morgan fingerprint density at radius 2 is 2.32 bits per heavy atom. The van der Waals surface area contributed by atoms with E-state index >= 15 is 0 Å². The Morgan fingerprint density at radius 3 is 3.14 bits per heavy atom. The van der Waals surface area contributed by atoms with Crippen molar-refractivity contribution in [3.05, 3.63) is 29.6 Å². The van der Waals surface area contributed by atoms with Crippen molar-refractivity contribution in [3.63, 3.8) is 0 Å². The number of hydrogen-bond donors (Lipinski definition) is 2. The summed E-state index contributed by atoms with van der Waals surface area (Å²) in [6.07, 6.45) is 0.751. The molecule has 1 fully saturated rings. The van der Waals surface area contributed by atoms with Crippen LogP contribution in [0.25, 0.3) is 0 Å². The number of rotatable bonds is 1. The zero-order valence-corrected chi connectivity index (χ0v) is 13.1. The molecule has 3 rings (SSSR count). The van der Waals surface area contributed by atoms with Gasteiger partial charge in [0.15, 0.2) is 0 Å². The number of nitrogens with zero attached hydrogens (tertiary/aromatic N) is 1. The molecule has 0 bridgehead atoms. The summed E-state index contributed by atoms with van der Waals surface area (Å²) >= 11 is 1.48. The van der Waals surface area contributed by atoms with E-state index in [0.717, 1.165) is 17.7 Å². The molecule has 2 heterocycles. The summed E-state index contributed by atoms with van der Waals surface area (Å²) in [5.74, 6) is 0.369. The molecule has 0 aromatic heterocycles. The van der Waals surface area contributed by atoms with E-state index in [4.69, 9.17) is 0 Å². The van der Waals surface area contributed by atoms with Gasteiger partial charge in [-0.15, -0.1) is 11.8 Å². The van der Waals surface area contributed by atoms with Crippen molar-refractivity contribution in [1.82, 2.24) is 15.5 Å². The lowest BCUT2D eigenvalue weighted by Crippen LogP contribution is -2.58. The third kappa shape index (κ3) is 2.77. The molecule has 2 N–H and O–H groups in total. The Bertz CT molecular complexity index is 610. The lowest BCUT2D eigenvalue weighted by atomic mass is 10.0. The number of halogens is 1. The Balaban J connectivity index is 1.76. The number of benzene rings is 1. The fourth-order valence-corrected chi connectivity index (χ4v) is 3.97. The van der Waals surface area contributed by atoms with Crippen LogP contribution < -0.4 is 10.6 Å². The smallest absolute Gasteiger partial charge is 0.318 e. The van der Waals surface area contributed by atoms with E-state index in [0.29, 0.717) is 18.0 Å². The zero-order chi connectivity index (χ0) is 15.7. The molecule has 2 atom stereocenters. The quantitative estimate of drug-likeness (QED) is 0.830. The first-order chi connectivity index (χ1) is 10.6. The Kier molecular flexibility index (Phi) is 4.24. The highest BCUT2D eigenvalue weighted by atomic mass is 32.2. The fourth-order valence-electron chi connectivity index (χ4n) is 2.83. The molecule has 2 aliphatic rings. The Labute approximate surface area is 132 Å². The number of amides is 3. The SMILES string of the molecule is C[C@H]1C(=O)NCCN1C(=O)N[C@@H]1CCSc2c(F)cccc21. The molecule has 7 heteroatoms. The molecule has 0 radical (unpaired) electrons. The van der Waals surface area contributed by atoms with Crippen molar-refractivity contribution in [1.29, 1.82) is 0 Å². The number of urea groups is 1. The van der Waals surface area contributed by atoms with Crippen molar-refractivity contribution in [2.75, 3.05) is 18.8 Å². The van der Waals surface area contributed by atoms with Crippen LogP contribution in [-0.4, -0.2) is 41.7 Å². The van der Waals surface area contributed by atoms with Gasteiger partial charge in [-0.05, 0) is 25.0 Å². The molecule has 2 aliphatic heterocycles. The van der Waals surface area contributed by atoms with Crippen LogP contribution in [0.5, 0.6) is 0 Å². The lowest BCUT2D eigenvalue weighted by molar-refractivity contribution is -0.126. The Morgan fingerprint density at radius 1 is 1.50 bits per heavy atom. The van der Waals surface area contributed by atoms with Crippen LogP contribution >= 0.6 is 11.8 Å². The largest absolute Gasteiger partial charge is 0.353 e. The highest BCUT2D eigenvalue weighted by molar-refractivity contribution is 7.99. The van der Waals surface area contributed by atoms with Crippen LogP contribution in [0.4, 0.5) is 9.18 Å². The van der Waals surface area contributed by atoms with E-state index in [-0.39, 0.29) is 23.8 Å². The van der Waals surface area contributed by atoms with Crippen LogP contribution in [-0.2, 0) is 4.79 Å². The number of carbonyl (C=O) groups is 2. The monoisotopic (exact) mass is 323 g/mol. The van der Waals surface area contributed by atoms with Gasteiger partial charge in [-0.2, -0.15) is 0 Å². The van der Waals surface area contributed by atoms with E-state index in [1.54, 1.807) is 13.0 Å². The van der Waals surface area contributed by atoms with E-state index in [2.05, 4.69) is 10.6 Å². The van der Waals surface area contributed by atoms with Crippen molar-refractivity contribution in [2.24, 2.45) is 0 Å². The van der Waals surface area contributed by atoms with Gasteiger partial charge in [0.25, 0.3) is 0 Å². The standard InChI is InChI=1S/C15H18FN3O2S/c1-9-14(20)17-6-7-19(9)15(21)18-12-5-8-22-13-10(12)3-2-4-11(13)16/h2-4,9,12H,5-8H2,1H3,(H,17,20)(H,18,21)/t9-,12+/m0/s1. The van der Waals surface area contributed by atoms with Crippen LogP contribution in [0, 0.1) is 5.82 Å². The predicted octanol–water partition coefficient (Wildman–Crippen LogP) is 1.89. The van der Waals surface area contributed by atoms with Gasteiger partial charge in [-0.1, -0.05) is 12.1 Å². The first-order valence-electron chi connectivity index (χ1n) is 7.34. The lowest BCUT2D eigenvalue weighted by Gasteiger charge is -2.35. The van der Waals surface area contributed by atoms with Crippen molar-refractivity contribution < 1.29 is 14.0 Å². The minimum Gasteiger partial charge on any atom is -0.353 e. The fraction of sp³-hybridized carbons (Fsp3) is 0.467. The van der Waals surface area contributed by atoms with E-state index in [9.17, 15) is 14.0 Å². The van der Waals surface area contributed by atoms with E-state index in [1.807, 2.05) is 6.07 Å². The number of piperazine rings is 1. The summed E-state index contributed by atoms with van der Waals surface area (Å²) < 4.78 is 13.9. The Hall–Kier alpha value is -1.76. The number of carbonyl (C=O) groups excluding carboxylic acids is 2. The third-order valence-corrected chi connectivity index (χ3v) is 5.24. The second-order valence-electron chi connectivity index (χ2n) is 5.46. The molecule has 0 spiro atoms.